The first-order valence-electron chi connectivity index (χ1n) is 4.82. The Morgan fingerprint density at radius 3 is 2.31 bits per heavy atom. The third-order valence-electron chi connectivity index (χ3n) is 2.29. The van der Waals surface area contributed by atoms with E-state index in [0.717, 1.165) is 15.6 Å². The average molecular weight is 276 g/mol. The lowest BCUT2D eigenvalue weighted by Crippen LogP contribution is -2.10. The summed E-state index contributed by atoms with van der Waals surface area (Å²) in [5.41, 5.74) is 7.81. The van der Waals surface area contributed by atoms with Crippen LogP contribution in [0.3, 0.4) is 0 Å². The molecule has 2 aromatic rings. The van der Waals surface area contributed by atoms with Crippen LogP contribution in [0.1, 0.15) is 10.4 Å². The second-order valence-corrected chi connectivity index (χ2v) is 4.37. The lowest BCUT2D eigenvalue weighted by molar-refractivity contribution is 0.100. The Bertz CT molecular complexity index is 523. The maximum absolute atomic E-state index is 11.1. The smallest absolute Gasteiger partial charge is 0.248 e. The van der Waals surface area contributed by atoms with Gasteiger partial charge in [-0.1, -0.05) is 46.3 Å². The Morgan fingerprint density at radius 2 is 1.69 bits per heavy atom. The number of benzene rings is 2. The largest absolute Gasteiger partial charge is 0.366 e. The number of amides is 1. The lowest BCUT2D eigenvalue weighted by atomic mass is 10.0. The zero-order valence-corrected chi connectivity index (χ0v) is 10.1. The van der Waals surface area contributed by atoms with E-state index in [9.17, 15) is 4.79 Å². The molecule has 0 unspecified atom stereocenters. The van der Waals surface area contributed by atoms with Crippen LogP contribution in [-0.2, 0) is 0 Å². The zero-order chi connectivity index (χ0) is 11.5. The molecule has 0 atom stereocenters. The summed E-state index contributed by atoms with van der Waals surface area (Å²) < 4.78 is 0.850. The highest BCUT2D eigenvalue weighted by molar-refractivity contribution is 9.10. The van der Waals surface area contributed by atoms with Crippen molar-refractivity contribution in [3.63, 3.8) is 0 Å². The number of halogens is 1. The third kappa shape index (κ3) is 2.31. The van der Waals surface area contributed by atoms with E-state index in [1.54, 1.807) is 12.1 Å². The molecule has 0 bridgehead atoms. The van der Waals surface area contributed by atoms with Gasteiger partial charge in [-0.3, -0.25) is 4.79 Å². The van der Waals surface area contributed by atoms with E-state index in [0.29, 0.717) is 5.56 Å². The van der Waals surface area contributed by atoms with Crippen LogP contribution in [0.15, 0.2) is 53.0 Å². The van der Waals surface area contributed by atoms with Gasteiger partial charge in [-0.05, 0) is 29.3 Å². The van der Waals surface area contributed by atoms with E-state index >= 15 is 0 Å². The highest BCUT2D eigenvalue weighted by Crippen LogP contribution is 2.24. The minimum atomic E-state index is -0.418. The molecule has 0 saturated carbocycles. The van der Waals surface area contributed by atoms with E-state index in [2.05, 4.69) is 15.9 Å². The van der Waals surface area contributed by atoms with Crippen molar-refractivity contribution >= 4 is 21.8 Å². The van der Waals surface area contributed by atoms with E-state index in [1.807, 2.05) is 36.4 Å². The van der Waals surface area contributed by atoms with Crippen LogP contribution in [0.25, 0.3) is 11.1 Å². The molecule has 2 nitrogen and oxygen atoms in total. The molecule has 0 radical (unpaired) electrons. The van der Waals surface area contributed by atoms with Crippen molar-refractivity contribution in [3.8, 4) is 11.1 Å². The Labute approximate surface area is 102 Å². The summed E-state index contributed by atoms with van der Waals surface area (Å²) in [7, 11) is 0. The third-order valence-corrected chi connectivity index (χ3v) is 2.75. The fourth-order valence-corrected chi connectivity index (χ4v) is 2.02. The minimum absolute atomic E-state index is 0.418. The molecule has 0 saturated heterocycles. The Kier molecular flexibility index (Phi) is 3.06. The lowest BCUT2D eigenvalue weighted by Gasteiger charge is -2.04. The maximum Gasteiger partial charge on any atom is 0.248 e. The van der Waals surface area contributed by atoms with Gasteiger partial charge >= 0.3 is 0 Å². The van der Waals surface area contributed by atoms with Crippen LogP contribution >= 0.6 is 15.9 Å². The van der Waals surface area contributed by atoms with Crippen molar-refractivity contribution in [1.29, 1.82) is 0 Å². The topological polar surface area (TPSA) is 43.1 Å². The number of nitrogens with two attached hydrogens (primary N) is 1. The summed E-state index contributed by atoms with van der Waals surface area (Å²) in [5, 5.41) is 0. The first-order chi connectivity index (χ1) is 7.66. The summed E-state index contributed by atoms with van der Waals surface area (Å²) in [6.07, 6.45) is 0. The molecule has 2 N–H and O–H groups in total. The van der Waals surface area contributed by atoms with Crippen LogP contribution in [0, 0.1) is 0 Å². The Morgan fingerprint density at radius 1 is 1.00 bits per heavy atom. The molecule has 0 heterocycles. The van der Waals surface area contributed by atoms with Gasteiger partial charge < -0.3 is 5.73 Å². The molecule has 0 spiro atoms. The summed E-state index contributed by atoms with van der Waals surface area (Å²) in [4.78, 5) is 11.1. The molecule has 0 aliphatic carbocycles. The van der Waals surface area contributed by atoms with Gasteiger partial charge in [0.15, 0.2) is 0 Å². The molecule has 2 rings (SSSR count). The van der Waals surface area contributed by atoms with Crippen LogP contribution in [0.2, 0.25) is 0 Å². The normalized spacial score (nSPS) is 10.1. The molecule has 1 amide bonds. The van der Waals surface area contributed by atoms with Crippen LogP contribution in [-0.4, -0.2) is 5.91 Å². The molecular weight excluding hydrogens is 266 g/mol. The van der Waals surface area contributed by atoms with Gasteiger partial charge in [0, 0.05) is 10.0 Å². The maximum atomic E-state index is 11.1. The molecule has 16 heavy (non-hydrogen) atoms. The van der Waals surface area contributed by atoms with Crippen molar-refractivity contribution in [2.75, 3.05) is 0 Å². The van der Waals surface area contributed by atoms with E-state index in [4.69, 9.17) is 5.73 Å². The quantitative estimate of drug-likeness (QED) is 0.899. The predicted molar refractivity (Wildman–Crippen MR) is 68.1 cm³/mol. The van der Waals surface area contributed by atoms with Gasteiger partial charge in [0.05, 0.1) is 0 Å². The summed E-state index contributed by atoms with van der Waals surface area (Å²) in [5.74, 6) is -0.418. The first kappa shape index (κ1) is 10.9. The van der Waals surface area contributed by atoms with Gasteiger partial charge in [0.25, 0.3) is 0 Å². The number of carbonyl (C=O) groups is 1. The fourth-order valence-electron chi connectivity index (χ4n) is 1.53. The van der Waals surface area contributed by atoms with Crippen molar-refractivity contribution in [2.24, 2.45) is 5.73 Å². The van der Waals surface area contributed by atoms with Gasteiger partial charge in [-0.2, -0.15) is 0 Å². The van der Waals surface area contributed by atoms with Gasteiger partial charge in [0.1, 0.15) is 0 Å². The van der Waals surface area contributed by atoms with Crippen LogP contribution < -0.4 is 5.73 Å². The predicted octanol–water partition coefficient (Wildman–Crippen LogP) is 3.22. The molecule has 0 aromatic heterocycles. The molecule has 80 valence electrons. The fraction of sp³-hybridized carbons (Fsp3) is 0. The molecule has 3 heteroatoms. The second kappa shape index (κ2) is 4.49. The highest BCUT2D eigenvalue weighted by Gasteiger charge is 2.05. The highest BCUT2D eigenvalue weighted by atomic mass is 79.9. The van der Waals surface area contributed by atoms with E-state index in [-0.39, 0.29) is 0 Å². The average Bonchev–Trinajstić information content (AvgIpc) is 2.29. The Balaban J connectivity index is 2.54. The standard InChI is InChI=1S/C13H10BrNO/c14-12-7-10(6-11(8-12)13(15)16)9-4-2-1-3-5-9/h1-8H,(H2,15,16). The molecular formula is C13H10BrNO. The van der Waals surface area contributed by atoms with E-state index < -0.39 is 5.91 Å². The second-order valence-electron chi connectivity index (χ2n) is 3.46. The van der Waals surface area contributed by atoms with Crippen LogP contribution in [0.5, 0.6) is 0 Å². The molecule has 0 fully saturated rings. The number of hydrogen-bond acceptors (Lipinski definition) is 1. The number of rotatable bonds is 2. The Hall–Kier alpha value is -1.61. The monoisotopic (exact) mass is 275 g/mol. The summed E-state index contributed by atoms with van der Waals surface area (Å²) >= 11 is 3.37. The van der Waals surface area contributed by atoms with Gasteiger partial charge in [-0.15, -0.1) is 0 Å². The zero-order valence-electron chi connectivity index (χ0n) is 8.48. The molecule has 2 aromatic carbocycles. The number of hydrogen-bond donors (Lipinski definition) is 1. The number of primary amides is 1. The molecule has 0 aliphatic rings. The molecule has 0 aliphatic heterocycles. The van der Waals surface area contributed by atoms with Crippen molar-refractivity contribution in [1.82, 2.24) is 0 Å². The minimum Gasteiger partial charge on any atom is -0.366 e. The SMILES string of the molecule is NC(=O)c1cc(Br)cc(-c2ccccc2)c1. The van der Waals surface area contributed by atoms with E-state index in [1.165, 1.54) is 0 Å². The van der Waals surface area contributed by atoms with Gasteiger partial charge in [0.2, 0.25) is 5.91 Å². The summed E-state index contributed by atoms with van der Waals surface area (Å²) in [6, 6.07) is 15.3. The summed E-state index contributed by atoms with van der Waals surface area (Å²) in [6.45, 7) is 0. The van der Waals surface area contributed by atoms with Crippen molar-refractivity contribution in [3.05, 3.63) is 58.6 Å². The van der Waals surface area contributed by atoms with Crippen molar-refractivity contribution < 1.29 is 4.79 Å². The number of carbonyl (C=O) groups excluding carboxylic acids is 1. The van der Waals surface area contributed by atoms with Crippen molar-refractivity contribution in [2.45, 2.75) is 0 Å². The first-order valence-corrected chi connectivity index (χ1v) is 5.62. The van der Waals surface area contributed by atoms with Gasteiger partial charge in [-0.25, -0.2) is 0 Å². The van der Waals surface area contributed by atoms with Crippen LogP contribution in [0.4, 0.5) is 0 Å².